The average Bonchev–Trinajstić information content (AvgIpc) is 3.10. The second kappa shape index (κ2) is 8.25. The first-order valence-electron chi connectivity index (χ1n) is 8.38. The molecule has 0 bridgehead atoms. The smallest absolute Gasteiger partial charge is 0.254 e. The molecule has 10 nitrogen and oxygen atoms in total. The van der Waals surface area contributed by atoms with Crippen LogP contribution in [0.15, 0.2) is 36.8 Å². The number of rotatable bonds is 8. The topological polar surface area (TPSA) is 129 Å². The van der Waals surface area contributed by atoms with Gasteiger partial charge in [-0.15, -0.1) is 0 Å². The van der Waals surface area contributed by atoms with E-state index in [2.05, 4.69) is 25.7 Å². The number of nitrogens with two attached hydrogens (primary N) is 1. The van der Waals surface area contributed by atoms with Crippen molar-refractivity contribution in [1.82, 2.24) is 19.7 Å². The van der Waals surface area contributed by atoms with Crippen molar-refractivity contribution < 1.29 is 14.3 Å². The molecule has 1 amide bonds. The first-order chi connectivity index (χ1) is 13.5. The van der Waals surface area contributed by atoms with Gasteiger partial charge in [-0.3, -0.25) is 9.48 Å². The van der Waals surface area contributed by atoms with Gasteiger partial charge < -0.3 is 25.8 Å². The molecule has 0 unspecified atom stereocenters. The number of carbonyl (C=O) groups is 1. The first kappa shape index (κ1) is 19.0. The number of amides is 1. The fraction of sp³-hybridized carbons (Fsp3) is 0.222. The second-order valence-corrected chi connectivity index (χ2v) is 5.84. The maximum atomic E-state index is 11.8. The van der Waals surface area contributed by atoms with E-state index in [4.69, 9.17) is 15.2 Å². The van der Waals surface area contributed by atoms with Crippen LogP contribution in [-0.2, 0) is 13.6 Å². The van der Waals surface area contributed by atoms with Crippen molar-refractivity contribution >= 4 is 23.4 Å². The van der Waals surface area contributed by atoms with Gasteiger partial charge in [0.2, 0.25) is 5.95 Å². The number of nitrogens with zero attached hydrogens (tertiary/aromatic N) is 4. The van der Waals surface area contributed by atoms with E-state index < -0.39 is 5.91 Å². The van der Waals surface area contributed by atoms with Crippen molar-refractivity contribution in [3.63, 3.8) is 0 Å². The van der Waals surface area contributed by atoms with Crippen LogP contribution in [0.25, 0.3) is 0 Å². The van der Waals surface area contributed by atoms with Crippen molar-refractivity contribution in [3.05, 3.63) is 47.9 Å². The van der Waals surface area contributed by atoms with E-state index in [-0.39, 0.29) is 5.56 Å². The molecule has 0 atom stereocenters. The summed E-state index contributed by atoms with van der Waals surface area (Å²) in [6.07, 6.45) is 4.78. The summed E-state index contributed by atoms with van der Waals surface area (Å²) in [5.74, 6) is 1.25. The zero-order valence-electron chi connectivity index (χ0n) is 15.8. The number of benzene rings is 1. The molecule has 2 aromatic heterocycles. The molecular formula is C18H21N7O3. The number of hydrogen-bond acceptors (Lipinski definition) is 8. The Labute approximate surface area is 161 Å². The number of aryl methyl sites for hydroxylation is 1. The highest BCUT2D eigenvalue weighted by atomic mass is 16.5. The van der Waals surface area contributed by atoms with Crippen LogP contribution in [0.4, 0.5) is 17.5 Å². The third-order valence-electron chi connectivity index (χ3n) is 3.98. The Bertz CT molecular complexity index is 965. The van der Waals surface area contributed by atoms with Gasteiger partial charge in [-0.25, -0.2) is 4.98 Å². The Hall–Kier alpha value is -3.82. The molecule has 0 aliphatic carbocycles. The van der Waals surface area contributed by atoms with E-state index in [0.29, 0.717) is 35.5 Å². The van der Waals surface area contributed by atoms with Gasteiger partial charge in [0, 0.05) is 26.0 Å². The number of hydrogen-bond donors (Lipinski definition) is 3. The van der Waals surface area contributed by atoms with E-state index in [1.165, 1.54) is 6.20 Å². The SMILES string of the molecule is COc1cccc(OC)c1CNc1nc(Nc2cnn(C)c2)ncc1C(N)=O. The molecule has 2 heterocycles. The van der Waals surface area contributed by atoms with Crippen LogP contribution in [0, 0.1) is 0 Å². The van der Waals surface area contributed by atoms with Gasteiger partial charge in [0.15, 0.2) is 0 Å². The van der Waals surface area contributed by atoms with Gasteiger partial charge in [0.05, 0.1) is 37.2 Å². The Morgan fingerprint density at radius 1 is 1.21 bits per heavy atom. The number of ether oxygens (including phenoxy) is 2. The molecule has 4 N–H and O–H groups in total. The van der Waals surface area contributed by atoms with Crippen LogP contribution in [0.5, 0.6) is 11.5 Å². The molecule has 3 rings (SSSR count). The van der Waals surface area contributed by atoms with E-state index in [1.807, 2.05) is 18.2 Å². The second-order valence-electron chi connectivity index (χ2n) is 5.84. The maximum Gasteiger partial charge on any atom is 0.254 e. The molecule has 146 valence electrons. The highest BCUT2D eigenvalue weighted by molar-refractivity contribution is 5.97. The fourth-order valence-electron chi connectivity index (χ4n) is 2.65. The predicted octanol–water partition coefficient (Wildman–Crippen LogP) is 1.68. The van der Waals surface area contributed by atoms with Crippen molar-refractivity contribution in [3.8, 4) is 11.5 Å². The molecule has 0 radical (unpaired) electrons. The summed E-state index contributed by atoms with van der Waals surface area (Å²) in [4.78, 5) is 20.3. The summed E-state index contributed by atoms with van der Waals surface area (Å²) in [5.41, 5.74) is 7.13. The third kappa shape index (κ3) is 4.11. The number of carbonyl (C=O) groups excluding carboxylic acids is 1. The molecule has 0 aliphatic heterocycles. The van der Waals surface area contributed by atoms with E-state index >= 15 is 0 Å². The summed E-state index contributed by atoms with van der Waals surface area (Å²) in [7, 11) is 4.96. The largest absolute Gasteiger partial charge is 0.496 e. The monoisotopic (exact) mass is 383 g/mol. The van der Waals surface area contributed by atoms with Gasteiger partial charge in [-0.1, -0.05) is 6.07 Å². The van der Waals surface area contributed by atoms with Crippen LogP contribution in [0.2, 0.25) is 0 Å². The summed E-state index contributed by atoms with van der Waals surface area (Å²) < 4.78 is 12.4. The Morgan fingerprint density at radius 3 is 2.50 bits per heavy atom. The van der Waals surface area contributed by atoms with E-state index in [1.54, 1.807) is 38.3 Å². The van der Waals surface area contributed by atoms with E-state index in [9.17, 15) is 4.79 Å². The van der Waals surface area contributed by atoms with Gasteiger partial charge in [0.1, 0.15) is 17.3 Å². The number of primary amides is 1. The molecular weight excluding hydrogens is 362 g/mol. The van der Waals surface area contributed by atoms with Gasteiger partial charge in [-0.05, 0) is 12.1 Å². The highest BCUT2D eigenvalue weighted by Gasteiger charge is 2.15. The quantitative estimate of drug-likeness (QED) is 0.536. The number of anilines is 3. The number of aromatic nitrogens is 4. The summed E-state index contributed by atoms with van der Waals surface area (Å²) in [6.45, 7) is 0.302. The lowest BCUT2D eigenvalue weighted by Gasteiger charge is -2.15. The van der Waals surface area contributed by atoms with Crippen LogP contribution in [-0.4, -0.2) is 39.9 Å². The highest BCUT2D eigenvalue weighted by Crippen LogP contribution is 2.29. The molecule has 0 saturated carbocycles. The zero-order chi connectivity index (χ0) is 20.1. The van der Waals surface area contributed by atoms with Gasteiger partial charge in [-0.2, -0.15) is 10.1 Å². The predicted molar refractivity (Wildman–Crippen MR) is 104 cm³/mol. The lowest BCUT2D eigenvalue weighted by molar-refractivity contribution is 0.100. The van der Waals surface area contributed by atoms with Crippen molar-refractivity contribution in [1.29, 1.82) is 0 Å². The minimum atomic E-state index is -0.637. The standard InChI is InChI=1S/C18H21N7O3/c1-25-10-11(7-22-25)23-18-21-9-13(16(19)26)17(24-18)20-8-12-14(27-2)5-4-6-15(12)28-3/h4-7,9-10H,8H2,1-3H3,(H2,19,26)(H2,20,21,23,24). The molecule has 0 saturated heterocycles. The Balaban J connectivity index is 1.88. The molecule has 3 aromatic rings. The summed E-state index contributed by atoms with van der Waals surface area (Å²) >= 11 is 0. The Kier molecular flexibility index (Phi) is 5.58. The van der Waals surface area contributed by atoms with Crippen LogP contribution in [0.3, 0.4) is 0 Å². The minimum absolute atomic E-state index is 0.172. The maximum absolute atomic E-state index is 11.8. The van der Waals surface area contributed by atoms with Crippen molar-refractivity contribution in [2.45, 2.75) is 6.54 Å². The molecule has 28 heavy (non-hydrogen) atoms. The zero-order valence-corrected chi connectivity index (χ0v) is 15.8. The summed E-state index contributed by atoms with van der Waals surface area (Å²) in [6, 6.07) is 5.48. The normalized spacial score (nSPS) is 10.4. The molecule has 0 aliphatic rings. The van der Waals surface area contributed by atoms with Crippen molar-refractivity contribution in [2.24, 2.45) is 12.8 Å². The molecule has 10 heteroatoms. The van der Waals surface area contributed by atoms with Gasteiger partial charge >= 0.3 is 0 Å². The summed E-state index contributed by atoms with van der Waals surface area (Å²) in [5, 5.41) is 10.2. The molecule has 0 fully saturated rings. The number of methoxy groups -OCH3 is 2. The Morgan fingerprint density at radius 2 is 1.93 bits per heavy atom. The minimum Gasteiger partial charge on any atom is -0.496 e. The average molecular weight is 383 g/mol. The van der Waals surface area contributed by atoms with Crippen LogP contribution >= 0.6 is 0 Å². The van der Waals surface area contributed by atoms with E-state index in [0.717, 1.165) is 5.56 Å². The number of nitrogens with one attached hydrogen (secondary N) is 2. The fourth-order valence-corrected chi connectivity index (χ4v) is 2.65. The van der Waals surface area contributed by atoms with Crippen LogP contribution < -0.4 is 25.8 Å². The third-order valence-corrected chi connectivity index (χ3v) is 3.98. The lowest BCUT2D eigenvalue weighted by atomic mass is 10.1. The van der Waals surface area contributed by atoms with Crippen molar-refractivity contribution in [2.75, 3.05) is 24.9 Å². The van der Waals surface area contributed by atoms with Gasteiger partial charge in [0.25, 0.3) is 5.91 Å². The van der Waals surface area contributed by atoms with Crippen LogP contribution in [0.1, 0.15) is 15.9 Å². The molecule has 1 aromatic carbocycles. The lowest BCUT2D eigenvalue weighted by Crippen LogP contribution is -2.17. The molecule has 0 spiro atoms. The first-order valence-corrected chi connectivity index (χ1v) is 8.38.